The molecule has 0 amide bonds. The van der Waals surface area contributed by atoms with E-state index in [9.17, 15) is 0 Å². The molecule has 0 heterocycles. The quantitative estimate of drug-likeness (QED) is 0.733. The Kier molecular flexibility index (Phi) is 5.51. The lowest BCUT2D eigenvalue weighted by Gasteiger charge is -2.16. The number of benzene rings is 1. The molecule has 1 aliphatic rings. The van der Waals surface area contributed by atoms with Crippen molar-refractivity contribution in [1.29, 1.82) is 0 Å². The third-order valence-corrected chi connectivity index (χ3v) is 3.90. The van der Waals surface area contributed by atoms with Crippen molar-refractivity contribution in [1.82, 2.24) is 5.32 Å². The van der Waals surface area contributed by atoms with E-state index in [4.69, 9.17) is 4.74 Å². The second-order valence-corrected chi connectivity index (χ2v) is 5.96. The maximum Gasteiger partial charge on any atom is 0.120 e. The lowest BCUT2D eigenvalue weighted by atomic mass is 10.1. The lowest BCUT2D eigenvalue weighted by molar-refractivity contribution is 0.299. The molecule has 1 unspecified atom stereocenters. The highest BCUT2D eigenvalue weighted by molar-refractivity contribution is 9.10. The van der Waals surface area contributed by atoms with Gasteiger partial charge in [-0.1, -0.05) is 41.8 Å². The molecule has 1 aromatic rings. The monoisotopic (exact) mass is 311 g/mol. The van der Waals surface area contributed by atoms with Crippen LogP contribution in [-0.4, -0.2) is 19.2 Å². The maximum atomic E-state index is 5.71. The average Bonchev–Trinajstić information content (AvgIpc) is 3.17. The normalized spacial score (nSPS) is 16.6. The molecule has 1 saturated carbocycles. The maximum absolute atomic E-state index is 5.71. The second kappa shape index (κ2) is 7.15. The van der Waals surface area contributed by atoms with E-state index in [1.54, 1.807) is 0 Å². The van der Waals surface area contributed by atoms with Gasteiger partial charge in [-0.2, -0.15) is 0 Å². The summed E-state index contributed by atoms with van der Waals surface area (Å²) >= 11 is 3.44. The molecule has 0 aromatic heterocycles. The molecule has 2 nitrogen and oxygen atoms in total. The first-order valence-corrected chi connectivity index (χ1v) is 7.69. The van der Waals surface area contributed by atoms with Crippen molar-refractivity contribution in [3.05, 3.63) is 28.7 Å². The molecule has 1 N–H and O–H groups in total. The van der Waals surface area contributed by atoms with Crippen LogP contribution >= 0.6 is 15.9 Å². The van der Waals surface area contributed by atoms with E-state index in [0.717, 1.165) is 29.3 Å². The van der Waals surface area contributed by atoms with Gasteiger partial charge in [0.2, 0.25) is 0 Å². The van der Waals surface area contributed by atoms with Gasteiger partial charge in [-0.25, -0.2) is 0 Å². The summed E-state index contributed by atoms with van der Waals surface area (Å²) in [6, 6.07) is 8.67. The van der Waals surface area contributed by atoms with E-state index >= 15 is 0 Å². The van der Waals surface area contributed by atoms with Gasteiger partial charge in [-0.05, 0) is 37.0 Å². The molecule has 0 saturated heterocycles. The molecule has 18 heavy (non-hydrogen) atoms. The molecule has 2 rings (SSSR count). The summed E-state index contributed by atoms with van der Waals surface area (Å²) in [6.45, 7) is 3.92. The highest BCUT2D eigenvalue weighted by atomic mass is 79.9. The fourth-order valence-corrected chi connectivity index (χ4v) is 2.52. The number of nitrogens with one attached hydrogen (secondary N) is 1. The zero-order chi connectivity index (χ0) is 12.8. The molecule has 0 spiro atoms. The molecule has 1 aliphatic carbocycles. The zero-order valence-electron chi connectivity index (χ0n) is 11.0. The van der Waals surface area contributed by atoms with Gasteiger partial charge in [-0.15, -0.1) is 0 Å². The Morgan fingerprint density at radius 1 is 1.44 bits per heavy atom. The highest BCUT2D eigenvalue weighted by Gasteiger charge is 2.24. The Morgan fingerprint density at radius 2 is 2.28 bits per heavy atom. The predicted octanol–water partition coefficient (Wildman–Crippen LogP) is 4.00. The third-order valence-electron chi connectivity index (χ3n) is 3.41. The van der Waals surface area contributed by atoms with Gasteiger partial charge >= 0.3 is 0 Å². The van der Waals surface area contributed by atoms with Crippen molar-refractivity contribution in [2.24, 2.45) is 5.92 Å². The van der Waals surface area contributed by atoms with Crippen LogP contribution in [0.15, 0.2) is 28.7 Å². The number of halogens is 1. The Labute approximate surface area is 118 Å². The molecule has 1 fully saturated rings. The van der Waals surface area contributed by atoms with Gasteiger partial charge in [-0.3, -0.25) is 0 Å². The lowest BCUT2D eigenvalue weighted by Crippen LogP contribution is -2.32. The average molecular weight is 312 g/mol. The number of ether oxygens (including phenoxy) is 1. The molecule has 1 aromatic carbocycles. The Morgan fingerprint density at radius 3 is 2.94 bits per heavy atom. The smallest absolute Gasteiger partial charge is 0.120 e. The summed E-state index contributed by atoms with van der Waals surface area (Å²) in [5.41, 5.74) is 0. The Bertz CT molecular complexity index is 365. The fraction of sp³-hybridized carbons (Fsp3) is 0.600. The van der Waals surface area contributed by atoms with Crippen molar-refractivity contribution in [2.75, 3.05) is 13.2 Å². The van der Waals surface area contributed by atoms with E-state index in [-0.39, 0.29) is 0 Å². The van der Waals surface area contributed by atoms with Gasteiger partial charge in [0, 0.05) is 17.1 Å². The summed E-state index contributed by atoms with van der Waals surface area (Å²) in [7, 11) is 0. The first-order chi connectivity index (χ1) is 8.78. The van der Waals surface area contributed by atoms with Crippen LogP contribution < -0.4 is 10.1 Å². The van der Waals surface area contributed by atoms with Crippen molar-refractivity contribution in [2.45, 2.75) is 38.6 Å². The minimum atomic E-state index is 0.670. The van der Waals surface area contributed by atoms with Crippen molar-refractivity contribution in [3.8, 4) is 5.75 Å². The van der Waals surface area contributed by atoms with E-state index in [0.29, 0.717) is 6.04 Å². The summed E-state index contributed by atoms with van der Waals surface area (Å²) in [5.74, 6) is 1.93. The van der Waals surface area contributed by atoms with Crippen molar-refractivity contribution < 1.29 is 4.74 Å². The van der Waals surface area contributed by atoms with Crippen LogP contribution in [0.25, 0.3) is 0 Å². The van der Waals surface area contributed by atoms with Crippen LogP contribution in [0.4, 0.5) is 0 Å². The molecular formula is C15H22BrNO. The van der Waals surface area contributed by atoms with Gasteiger partial charge in [0.15, 0.2) is 0 Å². The minimum Gasteiger partial charge on any atom is -0.492 e. The standard InChI is InChI=1S/C15H22BrNO/c1-2-14(10-12-6-7-12)17-8-9-18-15-5-3-4-13(16)11-15/h3-5,11-12,14,17H,2,6-10H2,1H3. The van der Waals surface area contributed by atoms with E-state index in [2.05, 4.69) is 28.2 Å². The highest BCUT2D eigenvalue weighted by Crippen LogP contribution is 2.33. The fourth-order valence-electron chi connectivity index (χ4n) is 2.14. The summed E-state index contributed by atoms with van der Waals surface area (Å²) in [6.07, 6.45) is 5.43. The molecule has 100 valence electrons. The topological polar surface area (TPSA) is 21.3 Å². The van der Waals surface area contributed by atoms with Crippen LogP contribution in [0, 0.1) is 5.92 Å². The molecule has 3 heteroatoms. The Balaban J connectivity index is 1.62. The first-order valence-electron chi connectivity index (χ1n) is 6.89. The van der Waals surface area contributed by atoms with Crippen LogP contribution in [0.1, 0.15) is 32.6 Å². The van der Waals surface area contributed by atoms with Crippen LogP contribution in [-0.2, 0) is 0 Å². The largest absolute Gasteiger partial charge is 0.492 e. The predicted molar refractivity (Wildman–Crippen MR) is 79.1 cm³/mol. The van der Waals surface area contributed by atoms with Crippen LogP contribution in [0.3, 0.4) is 0 Å². The van der Waals surface area contributed by atoms with Gasteiger partial charge in [0.1, 0.15) is 12.4 Å². The number of hydrogen-bond donors (Lipinski definition) is 1. The van der Waals surface area contributed by atoms with Crippen LogP contribution in [0.2, 0.25) is 0 Å². The number of rotatable bonds is 8. The zero-order valence-corrected chi connectivity index (χ0v) is 12.6. The van der Waals surface area contributed by atoms with Gasteiger partial charge in [0.05, 0.1) is 0 Å². The van der Waals surface area contributed by atoms with Crippen molar-refractivity contribution >= 4 is 15.9 Å². The summed E-state index contributed by atoms with van der Waals surface area (Å²) < 4.78 is 6.77. The molecular weight excluding hydrogens is 290 g/mol. The Hall–Kier alpha value is -0.540. The SMILES string of the molecule is CCC(CC1CC1)NCCOc1cccc(Br)c1. The summed E-state index contributed by atoms with van der Waals surface area (Å²) in [4.78, 5) is 0. The van der Waals surface area contributed by atoms with E-state index < -0.39 is 0 Å². The van der Waals surface area contributed by atoms with E-state index in [1.165, 1.54) is 25.7 Å². The third kappa shape index (κ3) is 4.99. The van der Waals surface area contributed by atoms with E-state index in [1.807, 2.05) is 24.3 Å². The number of hydrogen-bond acceptors (Lipinski definition) is 2. The molecule has 0 aliphatic heterocycles. The van der Waals surface area contributed by atoms with Crippen molar-refractivity contribution in [3.63, 3.8) is 0 Å². The van der Waals surface area contributed by atoms with Crippen LogP contribution in [0.5, 0.6) is 5.75 Å². The summed E-state index contributed by atoms with van der Waals surface area (Å²) in [5, 5.41) is 3.59. The van der Waals surface area contributed by atoms with Gasteiger partial charge < -0.3 is 10.1 Å². The molecule has 0 bridgehead atoms. The molecule has 0 radical (unpaired) electrons. The van der Waals surface area contributed by atoms with Gasteiger partial charge in [0.25, 0.3) is 0 Å². The minimum absolute atomic E-state index is 0.670. The molecule has 1 atom stereocenters. The first kappa shape index (κ1) is 13.9. The second-order valence-electron chi connectivity index (χ2n) is 5.04.